The monoisotopic (exact) mass is 470 g/mol. The second-order valence-electron chi connectivity index (χ2n) is 8.61. The SMILES string of the molecule is CC(C)(C)c1ccc(OCc2ncnc(SC3CCCC3)n2)cc1.NC(=O)c1cccs1. The molecule has 0 spiro atoms. The number of carbonyl (C=O) groups is 1. The highest BCUT2D eigenvalue weighted by Gasteiger charge is 2.18. The summed E-state index contributed by atoms with van der Waals surface area (Å²) < 4.78 is 5.82. The number of carbonyl (C=O) groups excluding carboxylic acids is 1. The Morgan fingerprint density at radius 2 is 1.88 bits per heavy atom. The van der Waals surface area contributed by atoms with E-state index < -0.39 is 0 Å². The number of aromatic nitrogens is 3. The molecule has 1 fully saturated rings. The molecule has 1 aliphatic carbocycles. The van der Waals surface area contributed by atoms with E-state index in [1.807, 2.05) is 17.5 Å². The highest BCUT2D eigenvalue weighted by molar-refractivity contribution is 7.99. The molecule has 6 nitrogen and oxygen atoms in total. The summed E-state index contributed by atoms with van der Waals surface area (Å²) in [7, 11) is 0. The average molecular weight is 471 g/mol. The molecule has 2 N–H and O–H groups in total. The number of ether oxygens (including phenoxy) is 1. The molecule has 1 amide bonds. The van der Waals surface area contributed by atoms with Gasteiger partial charge in [0.25, 0.3) is 5.91 Å². The molecule has 1 aliphatic rings. The summed E-state index contributed by atoms with van der Waals surface area (Å²) in [4.78, 5) is 23.9. The third-order valence-electron chi connectivity index (χ3n) is 5.03. The molecule has 3 aromatic rings. The van der Waals surface area contributed by atoms with Gasteiger partial charge in [-0.2, -0.15) is 0 Å². The van der Waals surface area contributed by atoms with Crippen LogP contribution in [-0.4, -0.2) is 26.1 Å². The Morgan fingerprint density at radius 1 is 1.16 bits per heavy atom. The zero-order valence-corrected chi connectivity index (χ0v) is 20.4. The molecule has 8 heteroatoms. The van der Waals surface area contributed by atoms with Crippen molar-refractivity contribution in [2.75, 3.05) is 0 Å². The minimum atomic E-state index is -0.347. The Balaban J connectivity index is 0.000000305. The van der Waals surface area contributed by atoms with Crippen molar-refractivity contribution >= 4 is 29.0 Å². The lowest BCUT2D eigenvalue weighted by atomic mass is 9.87. The quantitative estimate of drug-likeness (QED) is 0.502. The molecular weight excluding hydrogens is 440 g/mol. The van der Waals surface area contributed by atoms with Crippen LogP contribution in [0.25, 0.3) is 0 Å². The van der Waals surface area contributed by atoms with Crippen LogP contribution in [0.1, 0.15) is 67.5 Å². The largest absolute Gasteiger partial charge is 0.486 e. The fourth-order valence-corrected chi connectivity index (χ4v) is 4.92. The normalized spacial score (nSPS) is 14.0. The number of benzene rings is 1. The molecular formula is C24H30N4O2S2. The fourth-order valence-electron chi connectivity index (χ4n) is 3.21. The number of thioether (sulfide) groups is 1. The zero-order chi connectivity index (χ0) is 23.0. The van der Waals surface area contributed by atoms with Crippen molar-refractivity contribution in [1.29, 1.82) is 0 Å². The van der Waals surface area contributed by atoms with Crippen molar-refractivity contribution in [2.45, 2.75) is 68.9 Å². The second-order valence-corrected chi connectivity index (χ2v) is 10.8. The molecule has 0 radical (unpaired) electrons. The second kappa shape index (κ2) is 11.4. The Bertz CT molecular complexity index is 980. The minimum absolute atomic E-state index is 0.152. The van der Waals surface area contributed by atoms with Crippen molar-refractivity contribution in [3.05, 3.63) is 64.4 Å². The van der Waals surface area contributed by atoms with E-state index in [4.69, 9.17) is 10.5 Å². The first-order valence-corrected chi connectivity index (χ1v) is 12.5. The topological polar surface area (TPSA) is 91.0 Å². The van der Waals surface area contributed by atoms with Crippen molar-refractivity contribution in [2.24, 2.45) is 5.73 Å². The smallest absolute Gasteiger partial charge is 0.258 e. The van der Waals surface area contributed by atoms with E-state index in [0.717, 1.165) is 10.9 Å². The molecule has 0 aliphatic heterocycles. The lowest BCUT2D eigenvalue weighted by Gasteiger charge is -2.19. The summed E-state index contributed by atoms with van der Waals surface area (Å²) in [6.07, 6.45) is 6.77. The van der Waals surface area contributed by atoms with Gasteiger partial charge in [-0.15, -0.1) is 11.3 Å². The molecule has 170 valence electrons. The van der Waals surface area contributed by atoms with Crippen LogP contribution in [0, 0.1) is 0 Å². The van der Waals surface area contributed by atoms with E-state index >= 15 is 0 Å². The predicted molar refractivity (Wildman–Crippen MR) is 130 cm³/mol. The Hall–Kier alpha value is -2.45. The van der Waals surface area contributed by atoms with Crippen LogP contribution in [0.4, 0.5) is 0 Å². The van der Waals surface area contributed by atoms with Gasteiger partial charge in [-0.1, -0.05) is 63.6 Å². The van der Waals surface area contributed by atoms with Gasteiger partial charge in [-0.25, -0.2) is 15.0 Å². The number of nitrogens with zero attached hydrogens (tertiary/aromatic N) is 3. The van der Waals surface area contributed by atoms with Gasteiger partial charge in [0, 0.05) is 5.25 Å². The number of amides is 1. The van der Waals surface area contributed by atoms with Gasteiger partial charge < -0.3 is 10.5 Å². The van der Waals surface area contributed by atoms with Crippen LogP contribution < -0.4 is 10.5 Å². The summed E-state index contributed by atoms with van der Waals surface area (Å²) in [5, 5.41) is 3.30. The van der Waals surface area contributed by atoms with Gasteiger partial charge in [-0.3, -0.25) is 4.79 Å². The number of primary amides is 1. The number of hydrogen-bond acceptors (Lipinski definition) is 7. The van der Waals surface area contributed by atoms with Gasteiger partial charge in [0.05, 0.1) is 4.88 Å². The number of thiophene rings is 1. The lowest BCUT2D eigenvalue weighted by molar-refractivity contribution is 0.100. The van der Waals surface area contributed by atoms with Crippen molar-refractivity contribution in [3.63, 3.8) is 0 Å². The van der Waals surface area contributed by atoms with Gasteiger partial charge >= 0.3 is 0 Å². The zero-order valence-electron chi connectivity index (χ0n) is 18.8. The number of rotatable bonds is 6. The summed E-state index contributed by atoms with van der Waals surface area (Å²) in [6.45, 7) is 6.99. The Labute approximate surface area is 198 Å². The summed E-state index contributed by atoms with van der Waals surface area (Å²) in [5.74, 6) is 1.18. The van der Waals surface area contributed by atoms with E-state index in [-0.39, 0.29) is 11.3 Å². The van der Waals surface area contributed by atoms with Gasteiger partial charge in [0.1, 0.15) is 18.7 Å². The van der Waals surface area contributed by atoms with E-state index in [1.54, 1.807) is 30.2 Å². The van der Waals surface area contributed by atoms with Crippen LogP contribution in [0.15, 0.2) is 53.3 Å². The standard InChI is InChI=1S/C19H25N3OS.C5H5NOS/c1-19(2,3)14-8-10-15(11-9-14)23-12-17-20-13-21-18(22-17)24-16-6-4-5-7-16;6-5(7)4-2-1-3-8-4/h8-11,13,16H,4-7,12H2,1-3H3;1-3H,(H2,6,7). The Morgan fingerprint density at radius 3 is 2.44 bits per heavy atom. The first-order valence-electron chi connectivity index (χ1n) is 10.7. The first-order chi connectivity index (χ1) is 15.3. The van der Waals surface area contributed by atoms with Crippen molar-refractivity contribution in [1.82, 2.24) is 15.0 Å². The van der Waals surface area contributed by atoms with Crippen LogP contribution in [-0.2, 0) is 12.0 Å². The summed E-state index contributed by atoms with van der Waals surface area (Å²) in [6, 6.07) is 11.7. The van der Waals surface area contributed by atoms with Crippen LogP contribution in [0.3, 0.4) is 0 Å². The molecule has 0 atom stereocenters. The number of hydrogen-bond donors (Lipinski definition) is 1. The molecule has 2 aromatic heterocycles. The fraction of sp³-hybridized carbons (Fsp3) is 0.417. The van der Waals surface area contributed by atoms with Gasteiger partial charge in [-0.05, 0) is 47.4 Å². The summed E-state index contributed by atoms with van der Waals surface area (Å²) in [5.41, 5.74) is 6.38. The van der Waals surface area contributed by atoms with Crippen LogP contribution in [0.2, 0.25) is 0 Å². The Kier molecular flexibility index (Phi) is 8.64. The van der Waals surface area contributed by atoms with Gasteiger partial charge in [0.2, 0.25) is 0 Å². The number of nitrogens with two attached hydrogens (primary N) is 1. The minimum Gasteiger partial charge on any atom is -0.486 e. The van der Waals surface area contributed by atoms with E-state index in [1.165, 1.54) is 42.6 Å². The molecule has 0 bridgehead atoms. The molecule has 32 heavy (non-hydrogen) atoms. The maximum absolute atomic E-state index is 10.3. The maximum atomic E-state index is 10.3. The molecule has 0 unspecified atom stereocenters. The van der Waals surface area contributed by atoms with Crippen LogP contribution >= 0.6 is 23.1 Å². The van der Waals surface area contributed by atoms with Crippen molar-refractivity contribution in [3.8, 4) is 5.75 Å². The van der Waals surface area contributed by atoms with E-state index in [2.05, 4.69) is 47.9 Å². The highest BCUT2D eigenvalue weighted by Crippen LogP contribution is 2.32. The predicted octanol–water partition coefficient (Wildman–Crippen LogP) is 5.63. The average Bonchev–Trinajstić information content (AvgIpc) is 3.47. The van der Waals surface area contributed by atoms with Gasteiger partial charge in [0.15, 0.2) is 11.0 Å². The van der Waals surface area contributed by atoms with Crippen molar-refractivity contribution < 1.29 is 9.53 Å². The van der Waals surface area contributed by atoms with E-state index in [9.17, 15) is 4.79 Å². The molecule has 4 rings (SSSR count). The summed E-state index contributed by atoms with van der Waals surface area (Å²) >= 11 is 3.13. The molecule has 1 aromatic carbocycles. The molecule has 1 saturated carbocycles. The third-order valence-corrected chi connectivity index (χ3v) is 7.12. The van der Waals surface area contributed by atoms with Crippen LogP contribution in [0.5, 0.6) is 5.75 Å². The highest BCUT2D eigenvalue weighted by atomic mass is 32.2. The lowest BCUT2D eigenvalue weighted by Crippen LogP contribution is -2.10. The molecule has 2 heterocycles. The van der Waals surface area contributed by atoms with E-state index in [0.29, 0.717) is 22.6 Å². The third kappa shape index (κ3) is 7.60. The molecule has 0 saturated heterocycles. The maximum Gasteiger partial charge on any atom is 0.258 e. The first kappa shape index (κ1) is 24.2.